The van der Waals surface area contributed by atoms with Crippen molar-refractivity contribution >= 4 is 17.5 Å². The van der Waals surface area contributed by atoms with Crippen LogP contribution in [0.3, 0.4) is 0 Å². The van der Waals surface area contributed by atoms with E-state index >= 15 is 0 Å². The van der Waals surface area contributed by atoms with Crippen LogP contribution in [0, 0.1) is 18.6 Å². The molecule has 6 nitrogen and oxygen atoms in total. The first-order chi connectivity index (χ1) is 13.9. The smallest absolute Gasteiger partial charge is 0.326 e. The van der Waals surface area contributed by atoms with Gasteiger partial charge >= 0.3 is 6.03 Å². The van der Waals surface area contributed by atoms with Crippen LogP contribution in [0.15, 0.2) is 48.7 Å². The Kier molecular flexibility index (Phi) is 6.23. The molecule has 0 saturated heterocycles. The van der Waals surface area contributed by atoms with E-state index in [2.05, 4.69) is 5.32 Å². The summed E-state index contributed by atoms with van der Waals surface area (Å²) in [6.45, 7) is 1.26. The molecule has 0 aromatic heterocycles. The molecule has 0 bridgehead atoms. The SMILES string of the molecule is Cc1cc(F)c(OCCO)cc1NC(=O)N1C=CC(=O)C[C@H]1c1ccc(F)cc1. The van der Waals surface area contributed by atoms with Gasteiger partial charge in [-0.1, -0.05) is 12.1 Å². The van der Waals surface area contributed by atoms with Gasteiger partial charge in [-0.3, -0.25) is 9.69 Å². The number of hydrogen-bond acceptors (Lipinski definition) is 4. The number of carbonyl (C=O) groups excluding carboxylic acids is 2. The first-order valence-corrected chi connectivity index (χ1v) is 8.98. The second-order valence-electron chi connectivity index (χ2n) is 6.56. The van der Waals surface area contributed by atoms with E-state index in [1.165, 1.54) is 53.6 Å². The Bertz CT molecular complexity index is 944. The first-order valence-electron chi connectivity index (χ1n) is 8.98. The summed E-state index contributed by atoms with van der Waals surface area (Å²) in [5, 5.41) is 11.5. The molecule has 0 aliphatic carbocycles. The summed E-state index contributed by atoms with van der Waals surface area (Å²) >= 11 is 0. The van der Waals surface area contributed by atoms with Gasteiger partial charge in [0.2, 0.25) is 0 Å². The summed E-state index contributed by atoms with van der Waals surface area (Å²) in [6.07, 6.45) is 2.73. The Balaban J connectivity index is 1.85. The molecule has 3 rings (SSSR count). The number of carbonyl (C=O) groups is 2. The normalized spacial score (nSPS) is 16.1. The topological polar surface area (TPSA) is 78.9 Å². The molecule has 1 heterocycles. The van der Waals surface area contributed by atoms with Crippen LogP contribution in [-0.4, -0.2) is 35.0 Å². The molecular formula is C21H20F2N2O4. The molecule has 0 spiro atoms. The number of aliphatic hydroxyl groups is 1. The van der Waals surface area contributed by atoms with Crippen LogP contribution >= 0.6 is 0 Å². The van der Waals surface area contributed by atoms with Crippen molar-refractivity contribution in [1.29, 1.82) is 0 Å². The van der Waals surface area contributed by atoms with E-state index in [-0.39, 0.29) is 31.2 Å². The van der Waals surface area contributed by atoms with Gasteiger partial charge in [-0.2, -0.15) is 0 Å². The predicted molar refractivity (Wildman–Crippen MR) is 102 cm³/mol. The zero-order valence-corrected chi connectivity index (χ0v) is 15.7. The third-order valence-corrected chi connectivity index (χ3v) is 4.51. The molecule has 0 radical (unpaired) electrons. The van der Waals surface area contributed by atoms with E-state index in [9.17, 15) is 18.4 Å². The third-order valence-electron chi connectivity index (χ3n) is 4.51. The van der Waals surface area contributed by atoms with E-state index in [1.54, 1.807) is 6.92 Å². The zero-order chi connectivity index (χ0) is 21.0. The summed E-state index contributed by atoms with van der Waals surface area (Å²) in [7, 11) is 0. The van der Waals surface area contributed by atoms with Crippen molar-refractivity contribution < 1.29 is 28.2 Å². The zero-order valence-electron chi connectivity index (χ0n) is 15.7. The van der Waals surface area contributed by atoms with Crippen LogP contribution in [0.25, 0.3) is 0 Å². The predicted octanol–water partition coefficient (Wildman–Crippen LogP) is 3.71. The lowest BCUT2D eigenvalue weighted by molar-refractivity contribution is -0.116. The van der Waals surface area contributed by atoms with Crippen LogP contribution in [0.1, 0.15) is 23.6 Å². The van der Waals surface area contributed by atoms with E-state index < -0.39 is 23.7 Å². The number of aryl methyl sites for hydroxylation is 1. The summed E-state index contributed by atoms with van der Waals surface area (Å²) in [6, 6.07) is 7.00. The van der Waals surface area contributed by atoms with Crippen molar-refractivity contribution in [3.05, 3.63) is 71.4 Å². The van der Waals surface area contributed by atoms with E-state index in [0.717, 1.165) is 0 Å². The summed E-state index contributed by atoms with van der Waals surface area (Å²) in [5.74, 6) is -1.28. The van der Waals surface area contributed by atoms with Crippen LogP contribution in [0.4, 0.5) is 19.3 Å². The molecule has 29 heavy (non-hydrogen) atoms. The molecule has 152 valence electrons. The second kappa shape index (κ2) is 8.83. The Hall–Kier alpha value is -3.26. The van der Waals surface area contributed by atoms with Crippen LogP contribution in [-0.2, 0) is 4.79 Å². The Labute approximate surface area is 166 Å². The number of anilines is 1. The standard InChI is InChI=1S/C21H20F2N2O4/c1-13-10-17(23)20(29-9-8-26)12-18(13)24-21(28)25-7-6-16(27)11-19(25)14-2-4-15(22)5-3-14/h2-7,10,12,19,26H,8-9,11H2,1H3,(H,24,28)/t19-/m0/s1. The molecule has 0 saturated carbocycles. The van der Waals surface area contributed by atoms with E-state index in [4.69, 9.17) is 9.84 Å². The lowest BCUT2D eigenvalue weighted by atomic mass is 9.97. The molecule has 1 atom stereocenters. The van der Waals surface area contributed by atoms with Crippen molar-refractivity contribution in [2.45, 2.75) is 19.4 Å². The number of nitrogens with one attached hydrogen (secondary N) is 1. The number of halogens is 2. The Morgan fingerprint density at radius 3 is 2.69 bits per heavy atom. The number of amides is 2. The Morgan fingerprint density at radius 1 is 1.28 bits per heavy atom. The highest BCUT2D eigenvalue weighted by Crippen LogP contribution is 2.31. The maximum atomic E-state index is 14.0. The van der Waals surface area contributed by atoms with Crippen LogP contribution in [0.2, 0.25) is 0 Å². The fourth-order valence-corrected chi connectivity index (χ4v) is 3.03. The molecule has 2 amide bonds. The lowest BCUT2D eigenvalue weighted by Gasteiger charge is -2.31. The molecule has 1 aliphatic heterocycles. The van der Waals surface area contributed by atoms with Gasteiger partial charge in [0.25, 0.3) is 0 Å². The van der Waals surface area contributed by atoms with Crippen LogP contribution in [0.5, 0.6) is 5.75 Å². The van der Waals surface area contributed by atoms with Gasteiger partial charge in [-0.15, -0.1) is 0 Å². The van der Waals surface area contributed by atoms with Gasteiger partial charge in [-0.25, -0.2) is 13.6 Å². The average molecular weight is 402 g/mol. The first kappa shape index (κ1) is 20.5. The molecule has 0 fully saturated rings. The van der Waals surface area contributed by atoms with E-state index in [0.29, 0.717) is 16.8 Å². The third kappa shape index (κ3) is 4.78. The number of aliphatic hydroxyl groups excluding tert-OH is 1. The number of benzene rings is 2. The van der Waals surface area contributed by atoms with E-state index in [1.807, 2.05) is 0 Å². The highest BCUT2D eigenvalue weighted by atomic mass is 19.1. The number of nitrogens with zero attached hydrogens (tertiary/aromatic N) is 1. The summed E-state index contributed by atoms with van der Waals surface area (Å²) in [4.78, 5) is 26.1. The monoisotopic (exact) mass is 402 g/mol. The number of rotatable bonds is 5. The molecule has 2 N–H and O–H groups in total. The number of allylic oxidation sites excluding steroid dienone is 1. The summed E-state index contributed by atoms with van der Waals surface area (Å²) < 4.78 is 32.4. The molecule has 0 unspecified atom stereocenters. The highest BCUT2D eigenvalue weighted by molar-refractivity contribution is 5.96. The number of ketones is 1. The quantitative estimate of drug-likeness (QED) is 0.799. The largest absolute Gasteiger partial charge is 0.488 e. The molecular weight excluding hydrogens is 382 g/mol. The van der Waals surface area contributed by atoms with Gasteiger partial charge < -0.3 is 15.2 Å². The van der Waals surface area contributed by atoms with Crippen molar-refractivity contribution in [3.8, 4) is 5.75 Å². The molecule has 2 aromatic carbocycles. The van der Waals surface area contributed by atoms with Gasteiger partial charge in [0.1, 0.15) is 12.4 Å². The highest BCUT2D eigenvalue weighted by Gasteiger charge is 2.29. The molecule has 1 aliphatic rings. The maximum Gasteiger partial charge on any atom is 0.326 e. The van der Waals surface area contributed by atoms with Gasteiger partial charge in [-0.05, 0) is 42.3 Å². The maximum absolute atomic E-state index is 14.0. The number of urea groups is 1. The molecule has 2 aromatic rings. The minimum Gasteiger partial charge on any atom is -0.488 e. The number of ether oxygens (including phenoxy) is 1. The van der Waals surface area contributed by atoms with Gasteiger partial charge in [0.15, 0.2) is 17.3 Å². The van der Waals surface area contributed by atoms with Crippen molar-refractivity contribution in [1.82, 2.24) is 4.90 Å². The summed E-state index contributed by atoms with van der Waals surface area (Å²) in [5.41, 5.74) is 1.41. The van der Waals surface area contributed by atoms with Crippen molar-refractivity contribution in [2.75, 3.05) is 18.5 Å². The van der Waals surface area contributed by atoms with Gasteiger partial charge in [0, 0.05) is 24.4 Å². The minimum absolute atomic E-state index is 0.0583. The number of hydrogen-bond donors (Lipinski definition) is 2. The van der Waals surface area contributed by atoms with Gasteiger partial charge in [0.05, 0.1) is 12.6 Å². The van der Waals surface area contributed by atoms with Crippen molar-refractivity contribution in [3.63, 3.8) is 0 Å². The fraction of sp³-hybridized carbons (Fsp3) is 0.238. The molecule has 8 heteroatoms. The lowest BCUT2D eigenvalue weighted by Crippen LogP contribution is -2.37. The average Bonchev–Trinajstić information content (AvgIpc) is 2.69. The van der Waals surface area contributed by atoms with Crippen molar-refractivity contribution in [2.24, 2.45) is 0 Å². The fourth-order valence-electron chi connectivity index (χ4n) is 3.03. The minimum atomic E-state index is -0.610. The Morgan fingerprint density at radius 2 is 2.00 bits per heavy atom. The van der Waals surface area contributed by atoms with Crippen LogP contribution < -0.4 is 10.1 Å². The second-order valence-corrected chi connectivity index (χ2v) is 6.56.